The van der Waals surface area contributed by atoms with E-state index in [1.807, 2.05) is 0 Å². The summed E-state index contributed by atoms with van der Waals surface area (Å²) >= 11 is 0. The van der Waals surface area contributed by atoms with Gasteiger partial charge < -0.3 is 21.1 Å². The van der Waals surface area contributed by atoms with Crippen molar-refractivity contribution in [1.82, 2.24) is 9.80 Å². The summed E-state index contributed by atoms with van der Waals surface area (Å²) in [4.78, 5) is 69.8. The van der Waals surface area contributed by atoms with Gasteiger partial charge in [0, 0.05) is 18.0 Å². The van der Waals surface area contributed by atoms with Crippen molar-refractivity contribution < 1.29 is 52.5 Å². The van der Waals surface area contributed by atoms with Gasteiger partial charge in [-0.1, -0.05) is 19.1 Å². The molecule has 0 radical (unpaired) electrons. The third-order valence-corrected chi connectivity index (χ3v) is 10.0. The van der Waals surface area contributed by atoms with Gasteiger partial charge in [0.1, 0.15) is 5.75 Å². The van der Waals surface area contributed by atoms with E-state index in [4.69, 9.17) is 5.73 Å². The van der Waals surface area contributed by atoms with Crippen molar-refractivity contribution in [3.8, 4) is 5.75 Å². The second kappa shape index (κ2) is 10.5. The average Bonchev–Trinajstić information content (AvgIpc) is 2.91. The third kappa shape index (κ3) is 4.52. The van der Waals surface area contributed by atoms with Gasteiger partial charge in [0.05, 0.1) is 35.5 Å². The third-order valence-electron chi connectivity index (χ3n) is 10.0. The minimum atomic E-state index is -4.30. The number of aliphatic hydroxyl groups excluding tert-OH is 1. The van der Waals surface area contributed by atoms with Gasteiger partial charge in [0.2, 0.25) is 5.91 Å². The number of fused-ring (bicyclic) bond motifs is 3. The minimum absolute atomic E-state index is 0.0352. The van der Waals surface area contributed by atoms with Crippen LogP contribution in [0.15, 0.2) is 12.1 Å². The van der Waals surface area contributed by atoms with Gasteiger partial charge in [-0.05, 0) is 51.5 Å². The second-order valence-corrected chi connectivity index (χ2v) is 12.5. The van der Waals surface area contributed by atoms with Crippen LogP contribution in [-0.2, 0) is 25.7 Å². The lowest BCUT2D eigenvalue weighted by Gasteiger charge is -2.56. The van der Waals surface area contributed by atoms with Gasteiger partial charge in [0.25, 0.3) is 0 Å². The first-order chi connectivity index (χ1) is 19.9. The smallest absolute Gasteiger partial charge is 0.391 e. The van der Waals surface area contributed by atoms with Crippen LogP contribution in [0.3, 0.4) is 0 Å². The van der Waals surface area contributed by atoms with Gasteiger partial charge in [-0.15, -0.1) is 0 Å². The Labute approximate surface area is 244 Å². The highest BCUT2D eigenvalue weighted by atomic mass is 19.4. The van der Waals surface area contributed by atoms with Gasteiger partial charge >= 0.3 is 6.18 Å². The number of aromatic hydroxyl groups is 1. The zero-order valence-electron chi connectivity index (χ0n) is 23.8. The van der Waals surface area contributed by atoms with Crippen LogP contribution < -0.4 is 5.73 Å². The Hall–Kier alpha value is -3.20. The molecule has 1 saturated heterocycles. The number of hydrogen-bond acceptors (Lipinski definition) is 10. The van der Waals surface area contributed by atoms with Gasteiger partial charge in [0.15, 0.2) is 34.7 Å². The quantitative estimate of drug-likeness (QED) is 0.344. The van der Waals surface area contributed by atoms with E-state index in [0.29, 0.717) is 5.56 Å². The van der Waals surface area contributed by atoms with E-state index in [2.05, 4.69) is 0 Å². The van der Waals surface area contributed by atoms with E-state index in [1.165, 1.54) is 25.1 Å². The summed E-state index contributed by atoms with van der Waals surface area (Å²) in [7, 11) is 2.83. The van der Waals surface area contributed by atoms with Gasteiger partial charge in [-0.3, -0.25) is 33.8 Å². The Kier molecular flexibility index (Phi) is 7.60. The maximum Gasteiger partial charge on any atom is 0.391 e. The first-order valence-electron chi connectivity index (χ1n) is 14.1. The molecule has 1 amide bonds. The Morgan fingerprint density at radius 2 is 1.72 bits per heavy atom. The SMILES string of the molecule is C[C@H]1c2ccc(CN3CCC(C(F)(F)F)CC3)c(O)c2C(=O)C2C(=O)[C@]3(O)C(=O)C(C(N)=O)C(=O)[C@@H](N(C)C)C3[C@@H](O)C21. The number of nitrogens with two attached hydrogens (primary N) is 1. The molecule has 11 nitrogen and oxygen atoms in total. The molecule has 2 saturated carbocycles. The first-order valence-corrected chi connectivity index (χ1v) is 14.1. The van der Waals surface area contributed by atoms with Crippen LogP contribution in [-0.4, -0.2) is 105 Å². The number of benzene rings is 1. The molecule has 0 aromatic heterocycles. The summed E-state index contributed by atoms with van der Waals surface area (Å²) in [5.74, 6) is -15.6. The normalized spacial score (nSPS) is 35.5. The highest BCUT2D eigenvalue weighted by Gasteiger charge is 2.72. The van der Waals surface area contributed by atoms with E-state index >= 15 is 0 Å². The summed E-state index contributed by atoms with van der Waals surface area (Å²) in [5, 5.41) is 34.6. The van der Waals surface area contributed by atoms with E-state index in [9.17, 15) is 52.5 Å². The molecule has 8 atom stereocenters. The zero-order chi connectivity index (χ0) is 31.9. The summed E-state index contributed by atoms with van der Waals surface area (Å²) in [5.41, 5.74) is 2.52. The molecule has 0 bridgehead atoms. The zero-order valence-corrected chi connectivity index (χ0v) is 23.8. The van der Waals surface area contributed by atoms with Gasteiger partial charge in [-0.2, -0.15) is 13.2 Å². The van der Waals surface area contributed by atoms with E-state index < -0.39 is 94.2 Å². The predicted molar refractivity (Wildman–Crippen MR) is 142 cm³/mol. The molecule has 4 unspecified atom stereocenters. The molecule has 1 heterocycles. The number of nitrogens with zero attached hydrogens (tertiary/aromatic N) is 2. The van der Waals surface area contributed by atoms with Crippen molar-refractivity contribution in [2.24, 2.45) is 35.3 Å². The standard InChI is InChI=1S/C29H34F3N3O8/c1-11-14-5-4-12(10-35-8-6-13(7-9-35)29(30,31)32)21(36)16(14)22(37)17-15(11)23(38)19-20(34(2)3)24(39)18(27(33)42)26(41)28(19,43)25(17)40/h4-5,11,13,15,17-20,23,36,38,43H,6-10H2,1-3H3,(H2,33,42)/t11-,15?,17?,18?,19?,20-,23-,28-/m0/s1. The number of ketones is 4. The number of halogens is 3. The molecule has 1 aromatic carbocycles. The molecule has 5 N–H and O–H groups in total. The number of amides is 1. The number of Topliss-reactive ketones (excluding diaryl/α,β-unsaturated/α-hetero) is 4. The number of hydrogen-bond donors (Lipinski definition) is 4. The molecule has 0 spiro atoms. The number of primary amides is 1. The summed E-state index contributed by atoms with van der Waals surface area (Å²) in [6, 6.07) is 1.63. The number of piperidine rings is 1. The van der Waals surface area contributed by atoms with Crippen LogP contribution in [0, 0.1) is 29.6 Å². The Balaban J connectivity index is 1.53. The lowest BCUT2D eigenvalue weighted by molar-refractivity contribution is -0.196. The number of phenols is 1. The van der Waals surface area contributed by atoms with Crippen LogP contribution in [0.5, 0.6) is 5.75 Å². The topological polar surface area (TPSA) is 179 Å². The molecule has 43 heavy (non-hydrogen) atoms. The minimum Gasteiger partial charge on any atom is -0.507 e. The Bertz CT molecular complexity index is 1410. The van der Waals surface area contributed by atoms with Crippen LogP contribution in [0.4, 0.5) is 13.2 Å². The number of aliphatic hydroxyl groups is 2. The molecule has 3 fully saturated rings. The van der Waals surface area contributed by atoms with Gasteiger partial charge in [-0.25, -0.2) is 0 Å². The highest BCUT2D eigenvalue weighted by Crippen LogP contribution is 2.54. The van der Waals surface area contributed by atoms with E-state index in [0.717, 1.165) is 0 Å². The fraction of sp³-hybridized carbons (Fsp3) is 0.621. The largest absolute Gasteiger partial charge is 0.507 e. The molecular weight excluding hydrogens is 575 g/mol. The monoisotopic (exact) mass is 609 g/mol. The fourth-order valence-electron chi connectivity index (χ4n) is 7.82. The van der Waals surface area contributed by atoms with Crippen LogP contribution in [0.25, 0.3) is 0 Å². The molecule has 4 aliphatic rings. The molecule has 5 rings (SSSR count). The number of carbonyl (C=O) groups is 5. The summed E-state index contributed by atoms with van der Waals surface area (Å²) in [6.07, 6.45) is -6.25. The number of likely N-dealkylation sites (N-methyl/N-ethyl adjacent to an activating group) is 1. The molecule has 1 aromatic rings. The molecule has 3 aliphatic carbocycles. The Morgan fingerprint density at radius 3 is 2.26 bits per heavy atom. The number of rotatable bonds is 4. The molecule has 1 aliphatic heterocycles. The second-order valence-electron chi connectivity index (χ2n) is 12.5. The first kappa shape index (κ1) is 31.2. The highest BCUT2D eigenvalue weighted by molar-refractivity contribution is 6.32. The van der Waals surface area contributed by atoms with Crippen LogP contribution in [0.2, 0.25) is 0 Å². The van der Waals surface area contributed by atoms with Crippen molar-refractivity contribution in [1.29, 1.82) is 0 Å². The van der Waals surface area contributed by atoms with Crippen LogP contribution in [0.1, 0.15) is 47.2 Å². The lowest BCUT2D eigenvalue weighted by Crippen LogP contribution is -2.77. The van der Waals surface area contributed by atoms with Crippen molar-refractivity contribution in [2.75, 3.05) is 27.2 Å². The van der Waals surface area contributed by atoms with Crippen molar-refractivity contribution in [3.05, 3.63) is 28.8 Å². The Morgan fingerprint density at radius 1 is 1.12 bits per heavy atom. The maximum atomic E-state index is 14.0. The predicted octanol–water partition coefficient (Wildman–Crippen LogP) is 0.173. The van der Waals surface area contributed by atoms with Crippen LogP contribution >= 0.6 is 0 Å². The van der Waals surface area contributed by atoms with E-state index in [-0.39, 0.29) is 43.6 Å². The number of alkyl halides is 3. The summed E-state index contributed by atoms with van der Waals surface area (Å²) < 4.78 is 39.3. The van der Waals surface area contributed by atoms with E-state index in [1.54, 1.807) is 17.9 Å². The molecular formula is C29H34F3N3O8. The number of likely N-dealkylation sites (tertiary alicyclic amines) is 1. The van der Waals surface area contributed by atoms with Crippen molar-refractivity contribution in [2.45, 2.75) is 56.2 Å². The van der Waals surface area contributed by atoms with Crippen molar-refractivity contribution in [3.63, 3.8) is 0 Å². The molecule has 14 heteroatoms. The summed E-state index contributed by atoms with van der Waals surface area (Å²) in [6.45, 7) is 1.87. The fourth-order valence-corrected chi connectivity index (χ4v) is 7.82. The number of phenolic OH excluding ortho intramolecular Hbond substituents is 1. The molecule has 234 valence electrons. The van der Waals surface area contributed by atoms with Crippen molar-refractivity contribution >= 4 is 29.0 Å². The maximum absolute atomic E-state index is 14.0. The number of carbonyl (C=O) groups excluding carboxylic acids is 5. The average molecular weight is 610 g/mol. The lowest BCUT2D eigenvalue weighted by atomic mass is 9.49.